The fourth-order valence-corrected chi connectivity index (χ4v) is 5.41. The van der Waals surface area contributed by atoms with Gasteiger partial charge in [-0.2, -0.15) is 0 Å². The number of benzene rings is 2. The van der Waals surface area contributed by atoms with Gasteiger partial charge < -0.3 is 24.3 Å². The van der Waals surface area contributed by atoms with Gasteiger partial charge in [0.05, 0.1) is 25.9 Å². The van der Waals surface area contributed by atoms with Gasteiger partial charge in [0.1, 0.15) is 18.8 Å². The quantitative estimate of drug-likeness (QED) is 0.354. The smallest absolute Gasteiger partial charge is 0.337 e. The zero-order valence-electron chi connectivity index (χ0n) is 24.2. The number of esters is 2. The summed E-state index contributed by atoms with van der Waals surface area (Å²) in [6.07, 6.45) is 1.14. The van der Waals surface area contributed by atoms with E-state index < -0.39 is 23.7 Å². The van der Waals surface area contributed by atoms with Crippen molar-refractivity contribution in [3.8, 4) is 0 Å². The highest BCUT2D eigenvalue weighted by molar-refractivity contribution is 6.30. The number of nitrogens with zero attached hydrogens (tertiary/aromatic N) is 2. The van der Waals surface area contributed by atoms with Crippen LogP contribution < -0.4 is 5.32 Å². The number of halogens is 1. The average molecular weight is 586 g/mol. The summed E-state index contributed by atoms with van der Waals surface area (Å²) in [5.41, 5.74) is 0.720. The Hall–Kier alpha value is -2.98. The number of hydrogen-bond acceptors (Lipinski definition) is 9. The Morgan fingerprint density at radius 2 is 1.93 bits per heavy atom. The number of aliphatic imine (C=N–C) groups is 1. The molecule has 1 N–H and O–H groups in total. The van der Waals surface area contributed by atoms with E-state index in [1.165, 1.54) is 7.11 Å². The minimum Gasteiger partial charge on any atom is -0.477 e. The molecule has 0 spiro atoms. The predicted molar refractivity (Wildman–Crippen MR) is 157 cm³/mol. The van der Waals surface area contributed by atoms with Crippen LogP contribution in [0.25, 0.3) is 0 Å². The van der Waals surface area contributed by atoms with Crippen molar-refractivity contribution in [2.24, 2.45) is 4.99 Å². The van der Waals surface area contributed by atoms with Crippen LogP contribution in [-0.4, -0.2) is 86.4 Å². The topological polar surface area (TPSA) is 98.7 Å². The third-order valence-electron chi connectivity index (χ3n) is 7.73. The van der Waals surface area contributed by atoms with Crippen molar-refractivity contribution >= 4 is 29.4 Å². The molecular formula is C31H40ClN3O6. The average Bonchev–Trinajstić information content (AvgIpc) is 3.62. The first-order valence-corrected chi connectivity index (χ1v) is 14.4. The van der Waals surface area contributed by atoms with E-state index in [4.69, 9.17) is 35.5 Å². The van der Waals surface area contributed by atoms with Crippen LogP contribution in [0.5, 0.6) is 0 Å². The Morgan fingerprint density at radius 3 is 2.63 bits per heavy atom. The number of ether oxygens (including phenoxy) is 4. The van der Waals surface area contributed by atoms with E-state index in [1.807, 2.05) is 55.5 Å². The monoisotopic (exact) mass is 585 g/mol. The summed E-state index contributed by atoms with van der Waals surface area (Å²) >= 11 is 6.20. The van der Waals surface area contributed by atoms with Crippen molar-refractivity contribution in [2.45, 2.75) is 69.5 Å². The molecule has 1 fully saturated rings. The largest absolute Gasteiger partial charge is 0.477 e. The zero-order chi connectivity index (χ0) is 29.4. The number of nitrogens with one attached hydrogen (secondary N) is 1. The van der Waals surface area contributed by atoms with Crippen molar-refractivity contribution in [1.82, 2.24) is 10.2 Å². The number of rotatable bonds is 13. The fraction of sp³-hybridized carbons (Fsp3) is 0.516. The molecule has 0 radical (unpaired) electrons. The summed E-state index contributed by atoms with van der Waals surface area (Å²) in [7, 11) is 3.08. The molecule has 0 aromatic heterocycles. The third kappa shape index (κ3) is 7.86. The molecule has 4 rings (SSSR count). The lowest BCUT2D eigenvalue weighted by molar-refractivity contribution is -0.161. The van der Waals surface area contributed by atoms with Gasteiger partial charge in [0.15, 0.2) is 5.54 Å². The molecule has 1 saturated heterocycles. The summed E-state index contributed by atoms with van der Waals surface area (Å²) in [5.74, 6) is -0.293. The summed E-state index contributed by atoms with van der Waals surface area (Å²) in [5, 5.41) is 3.53. The molecule has 10 heteroatoms. The molecular weight excluding hydrogens is 546 g/mol. The fourth-order valence-electron chi connectivity index (χ4n) is 5.20. The first-order chi connectivity index (χ1) is 19.7. The molecule has 0 bridgehead atoms. The van der Waals surface area contributed by atoms with Crippen LogP contribution in [-0.2, 0) is 41.6 Å². The molecule has 0 unspecified atom stereocenters. The van der Waals surface area contributed by atoms with Crippen molar-refractivity contribution < 1.29 is 28.5 Å². The van der Waals surface area contributed by atoms with Crippen LogP contribution in [0.4, 0.5) is 0 Å². The molecule has 2 aliphatic heterocycles. The summed E-state index contributed by atoms with van der Waals surface area (Å²) < 4.78 is 23.4. The van der Waals surface area contributed by atoms with E-state index in [9.17, 15) is 9.59 Å². The van der Waals surface area contributed by atoms with Crippen LogP contribution in [0, 0.1) is 0 Å². The van der Waals surface area contributed by atoms with Gasteiger partial charge in [-0.1, -0.05) is 54.1 Å². The Bertz CT molecular complexity index is 1210. The van der Waals surface area contributed by atoms with Gasteiger partial charge in [-0.05, 0) is 63.5 Å². The van der Waals surface area contributed by atoms with Crippen LogP contribution in [0.1, 0.15) is 37.8 Å². The normalized spacial score (nSPS) is 22.9. The SMILES string of the molecule is CN[C@@H](C)C(=O)O[C@H](CN1CCC[C@H]1C1=N[C@@](Cc2cccc(Cl)c2)(C(=O)OC)CO1)[C@@H](C)OCc1ccccc1. The molecule has 222 valence electrons. The maximum Gasteiger partial charge on any atom is 0.337 e. The van der Waals surface area contributed by atoms with Crippen molar-refractivity contribution in [1.29, 1.82) is 0 Å². The van der Waals surface area contributed by atoms with Gasteiger partial charge in [0.2, 0.25) is 5.90 Å². The van der Waals surface area contributed by atoms with Crippen LogP contribution in [0.2, 0.25) is 5.02 Å². The van der Waals surface area contributed by atoms with E-state index in [2.05, 4.69) is 10.2 Å². The molecule has 5 atom stereocenters. The van der Waals surface area contributed by atoms with E-state index in [1.54, 1.807) is 20.0 Å². The van der Waals surface area contributed by atoms with Crippen LogP contribution >= 0.6 is 11.6 Å². The predicted octanol–water partition coefficient (Wildman–Crippen LogP) is 3.81. The van der Waals surface area contributed by atoms with E-state index >= 15 is 0 Å². The number of carbonyl (C=O) groups excluding carboxylic acids is 2. The first kappa shape index (κ1) is 31.0. The van der Waals surface area contributed by atoms with Gasteiger partial charge in [-0.3, -0.25) is 9.69 Å². The number of likely N-dealkylation sites (tertiary alicyclic amines) is 1. The maximum absolute atomic E-state index is 13.0. The Kier molecular flexibility index (Phi) is 10.8. The molecule has 0 aliphatic carbocycles. The van der Waals surface area contributed by atoms with Crippen molar-refractivity contribution in [3.63, 3.8) is 0 Å². The molecule has 2 aromatic rings. The van der Waals surface area contributed by atoms with Crippen LogP contribution in [0.15, 0.2) is 59.6 Å². The molecule has 41 heavy (non-hydrogen) atoms. The van der Waals surface area contributed by atoms with Gasteiger partial charge in [-0.15, -0.1) is 0 Å². The van der Waals surface area contributed by atoms with E-state index in [0.29, 0.717) is 30.5 Å². The third-order valence-corrected chi connectivity index (χ3v) is 7.97. The number of hydrogen-bond donors (Lipinski definition) is 1. The lowest BCUT2D eigenvalue weighted by atomic mass is 9.92. The molecule has 2 aromatic carbocycles. The van der Waals surface area contributed by atoms with Gasteiger partial charge in [-0.25, -0.2) is 9.79 Å². The second-order valence-electron chi connectivity index (χ2n) is 10.7. The lowest BCUT2D eigenvalue weighted by Gasteiger charge is -2.32. The summed E-state index contributed by atoms with van der Waals surface area (Å²) in [6.45, 7) is 5.38. The minimum absolute atomic E-state index is 0.0839. The highest BCUT2D eigenvalue weighted by atomic mass is 35.5. The first-order valence-electron chi connectivity index (χ1n) is 14.1. The Balaban J connectivity index is 1.52. The number of carbonyl (C=O) groups is 2. The molecule has 2 heterocycles. The Morgan fingerprint density at radius 1 is 1.17 bits per heavy atom. The second-order valence-corrected chi connectivity index (χ2v) is 11.1. The lowest BCUT2D eigenvalue weighted by Crippen LogP contribution is -2.48. The summed E-state index contributed by atoms with van der Waals surface area (Å²) in [6, 6.07) is 16.6. The number of methoxy groups -OCH3 is 1. The van der Waals surface area contributed by atoms with Crippen molar-refractivity contribution in [2.75, 3.05) is 33.9 Å². The van der Waals surface area contributed by atoms with E-state index in [0.717, 1.165) is 30.5 Å². The number of likely N-dealkylation sites (N-methyl/N-ethyl adjacent to an activating group) is 1. The Labute approximate surface area is 247 Å². The van der Waals surface area contributed by atoms with E-state index in [-0.39, 0.29) is 24.7 Å². The minimum atomic E-state index is -1.19. The molecule has 9 nitrogen and oxygen atoms in total. The van der Waals surface area contributed by atoms with Crippen LogP contribution in [0.3, 0.4) is 0 Å². The molecule has 0 amide bonds. The standard InChI is InChI=1S/C31H40ClN3O6/c1-21(33-3)29(36)41-27(22(2)39-19-23-10-6-5-7-11-23)18-35-15-9-14-26(35)28-34-31(20-40-28,30(37)38-4)17-24-12-8-13-25(32)16-24/h5-8,10-13,16,21-22,26-27,33H,9,14-15,17-20H2,1-4H3/t21-,22+,26-,27+,31+/m0/s1. The summed E-state index contributed by atoms with van der Waals surface area (Å²) in [4.78, 5) is 32.9. The van der Waals surface area contributed by atoms with Gasteiger partial charge in [0.25, 0.3) is 0 Å². The molecule has 0 saturated carbocycles. The molecule has 2 aliphatic rings. The highest BCUT2D eigenvalue weighted by Gasteiger charge is 2.48. The zero-order valence-corrected chi connectivity index (χ0v) is 24.9. The van der Waals surface area contributed by atoms with Gasteiger partial charge >= 0.3 is 11.9 Å². The van der Waals surface area contributed by atoms with Crippen molar-refractivity contribution in [3.05, 3.63) is 70.7 Å². The highest BCUT2D eigenvalue weighted by Crippen LogP contribution is 2.31. The second kappa shape index (κ2) is 14.3. The van der Waals surface area contributed by atoms with Gasteiger partial charge in [0, 0.05) is 18.0 Å². The maximum atomic E-state index is 13.0.